The minimum Gasteiger partial charge on any atom is -0.343 e. The van der Waals surface area contributed by atoms with Gasteiger partial charge in [-0.1, -0.05) is 13.3 Å². The number of aromatic amines is 1. The molecule has 2 heterocycles. The standard InChI is InChI=1S/C19H27N3O2S2/c1-3-5-10-22(4-2)16(23)9-11-25-12-15-20-18(24)17-13-7-6-8-14(13)26-19(17)21-15/h3-12H2,1-2H3,(H,20,21,24). The number of nitrogens with one attached hydrogen (secondary N) is 1. The summed E-state index contributed by atoms with van der Waals surface area (Å²) in [7, 11) is 0. The molecule has 1 aliphatic carbocycles. The van der Waals surface area contributed by atoms with Crippen molar-refractivity contribution in [2.24, 2.45) is 0 Å². The van der Waals surface area contributed by atoms with Gasteiger partial charge in [0, 0.05) is 30.1 Å². The summed E-state index contributed by atoms with van der Waals surface area (Å²) in [4.78, 5) is 36.4. The van der Waals surface area contributed by atoms with Gasteiger partial charge >= 0.3 is 0 Å². The van der Waals surface area contributed by atoms with Crippen molar-refractivity contribution in [3.63, 3.8) is 0 Å². The number of H-pyrrole nitrogens is 1. The van der Waals surface area contributed by atoms with Gasteiger partial charge in [0.05, 0.1) is 11.1 Å². The van der Waals surface area contributed by atoms with Crippen LogP contribution < -0.4 is 5.56 Å². The molecule has 0 atom stereocenters. The molecular weight excluding hydrogens is 366 g/mol. The number of nitrogens with zero attached hydrogens (tertiary/aromatic N) is 2. The van der Waals surface area contributed by atoms with Gasteiger partial charge in [-0.05, 0) is 38.2 Å². The van der Waals surface area contributed by atoms with Crippen LogP contribution in [-0.4, -0.2) is 39.6 Å². The predicted molar refractivity (Wildman–Crippen MR) is 110 cm³/mol. The minimum absolute atomic E-state index is 0.00204. The van der Waals surface area contributed by atoms with Crippen LogP contribution in [0.15, 0.2) is 4.79 Å². The molecule has 26 heavy (non-hydrogen) atoms. The number of hydrogen-bond acceptors (Lipinski definition) is 5. The van der Waals surface area contributed by atoms with Crippen molar-refractivity contribution in [1.29, 1.82) is 0 Å². The molecule has 1 amide bonds. The highest BCUT2D eigenvalue weighted by Gasteiger charge is 2.21. The van der Waals surface area contributed by atoms with Crippen molar-refractivity contribution < 1.29 is 4.79 Å². The molecule has 0 fully saturated rings. The van der Waals surface area contributed by atoms with Gasteiger partial charge in [0.25, 0.3) is 5.56 Å². The summed E-state index contributed by atoms with van der Waals surface area (Å²) in [5, 5.41) is 0.806. The number of carbonyl (C=O) groups is 1. The van der Waals surface area contributed by atoms with Crippen LogP contribution in [0.2, 0.25) is 0 Å². The topological polar surface area (TPSA) is 66.1 Å². The van der Waals surface area contributed by atoms with Crippen LogP contribution in [-0.2, 0) is 23.4 Å². The summed E-state index contributed by atoms with van der Waals surface area (Å²) in [6.07, 6.45) is 5.93. The lowest BCUT2D eigenvalue weighted by Crippen LogP contribution is -2.31. The Morgan fingerprint density at radius 3 is 2.96 bits per heavy atom. The van der Waals surface area contributed by atoms with Crippen LogP contribution in [0.25, 0.3) is 10.2 Å². The van der Waals surface area contributed by atoms with Gasteiger partial charge in [-0.15, -0.1) is 11.3 Å². The van der Waals surface area contributed by atoms with E-state index in [0.29, 0.717) is 12.2 Å². The minimum atomic E-state index is -0.00204. The number of rotatable bonds is 9. The van der Waals surface area contributed by atoms with Gasteiger partial charge in [-0.25, -0.2) is 4.98 Å². The molecule has 0 bridgehead atoms. The number of carbonyl (C=O) groups excluding carboxylic acids is 1. The van der Waals surface area contributed by atoms with Gasteiger partial charge in [0.15, 0.2) is 0 Å². The Morgan fingerprint density at radius 1 is 1.35 bits per heavy atom. The summed E-state index contributed by atoms with van der Waals surface area (Å²) in [6, 6.07) is 0. The lowest BCUT2D eigenvalue weighted by Gasteiger charge is -2.20. The van der Waals surface area contributed by atoms with E-state index in [9.17, 15) is 9.59 Å². The molecule has 1 aliphatic rings. The van der Waals surface area contributed by atoms with Crippen molar-refractivity contribution in [3.8, 4) is 0 Å². The first kappa shape index (κ1) is 19.4. The highest BCUT2D eigenvalue weighted by Crippen LogP contribution is 2.34. The molecule has 7 heteroatoms. The van der Waals surface area contributed by atoms with Crippen LogP contribution in [0.5, 0.6) is 0 Å². The quantitative estimate of drug-likeness (QED) is 0.659. The maximum absolute atomic E-state index is 12.4. The molecule has 0 saturated carbocycles. The predicted octanol–water partition coefficient (Wildman–Crippen LogP) is 3.75. The average molecular weight is 394 g/mol. The highest BCUT2D eigenvalue weighted by atomic mass is 32.2. The Labute approximate surface area is 162 Å². The van der Waals surface area contributed by atoms with E-state index in [1.165, 1.54) is 10.4 Å². The molecule has 1 N–H and O–H groups in total. The van der Waals surface area contributed by atoms with Crippen molar-refractivity contribution >= 4 is 39.2 Å². The molecule has 3 rings (SSSR count). The first-order valence-electron chi connectivity index (χ1n) is 9.53. The van der Waals surface area contributed by atoms with Crippen LogP contribution in [0.1, 0.15) is 55.8 Å². The number of fused-ring (bicyclic) bond motifs is 3. The molecule has 0 aromatic carbocycles. The summed E-state index contributed by atoms with van der Waals surface area (Å²) in [6.45, 7) is 5.80. The molecular formula is C19H27N3O2S2. The maximum atomic E-state index is 12.4. The fourth-order valence-electron chi connectivity index (χ4n) is 3.41. The third-order valence-corrected chi connectivity index (χ3v) is 7.00. The second-order valence-corrected chi connectivity index (χ2v) is 8.87. The number of amides is 1. The number of unbranched alkanes of at least 4 members (excludes halogenated alkanes) is 1. The van der Waals surface area contributed by atoms with E-state index < -0.39 is 0 Å². The van der Waals surface area contributed by atoms with E-state index in [2.05, 4.69) is 16.9 Å². The number of thioether (sulfide) groups is 1. The summed E-state index contributed by atoms with van der Waals surface area (Å²) in [5.74, 6) is 2.34. The molecule has 0 unspecified atom stereocenters. The van der Waals surface area contributed by atoms with E-state index in [0.717, 1.165) is 67.0 Å². The fourth-order valence-corrected chi connectivity index (χ4v) is 5.48. The average Bonchev–Trinajstić information content (AvgIpc) is 3.20. The van der Waals surface area contributed by atoms with Gasteiger partial charge in [0.2, 0.25) is 5.91 Å². The normalized spacial score (nSPS) is 13.3. The summed E-state index contributed by atoms with van der Waals surface area (Å²) >= 11 is 3.33. The smallest absolute Gasteiger partial charge is 0.259 e. The van der Waals surface area contributed by atoms with E-state index in [1.54, 1.807) is 23.1 Å². The van der Waals surface area contributed by atoms with Gasteiger partial charge in [0.1, 0.15) is 10.7 Å². The number of hydrogen-bond donors (Lipinski definition) is 1. The number of aryl methyl sites for hydroxylation is 2. The molecule has 0 spiro atoms. The zero-order valence-corrected chi connectivity index (χ0v) is 17.2. The van der Waals surface area contributed by atoms with E-state index in [-0.39, 0.29) is 11.5 Å². The molecule has 0 saturated heterocycles. The van der Waals surface area contributed by atoms with Gasteiger partial charge in [-0.3, -0.25) is 9.59 Å². The van der Waals surface area contributed by atoms with Crippen molar-refractivity contribution in [2.45, 2.75) is 58.1 Å². The molecule has 2 aromatic rings. The van der Waals surface area contributed by atoms with Gasteiger partial charge < -0.3 is 9.88 Å². The Hall–Kier alpha value is -1.34. The van der Waals surface area contributed by atoms with Crippen molar-refractivity contribution in [3.05, 3.63) is 26.6 Å². The summed E-state index contributed by atoms with van der Waals surface area (Å²) < 4.78 is 0. The van der Waals surface area contributed by atoms with Gasteiger partial charge in [-0.2, -0.15) is 11.8 Å². The zero-order valence-electron chi connectivity index (χ0n) is 15.6. The number of aromatic nitrogens is 2. The Morgan fingerprint density at radius 2 is 2.19 bits per heavy atom. The largest absolute Gasteiger partial charge is 0.343 e. The molecule has 142 valence electrons. The van der Waals surface area contributed by atoms with Crippen molar-refractivity contribution in [1.82, 2.24) is 14.9 Å². The molecule has 0 aliphatic heterocycles. The van der Waals surface area contributed by atoms with E-state index in [1.807, 2.05) is 11.8 Å². The first-order valence-corrected chi connectivity index (χ1v) is 11.5. The Bertz CT molecular complexity index is 828. The first-order chi connectivity index (χ1) is 12.6. The molecule has 0 radical (unpaired) electrons. The lowest BCUT2D eigenvalue weighted by atomic mass is 10.2. The van der Waals surface area contributed by atoms with Crippen molar-refractivity contribution in [2.75, 3.05) is 18.8 Å². The third kappa shape index (κ3) is 4.31. The second kappa shape index (κ2) is 9.04. The fraction of sp³-hybridized carbons (Fsp3) is 0.632. The second-order valence-electron chi connectivity index (χ2n) is 6.68. The Kier molecular flexibility index (Phi) is 6.75. The van der Waals surface area contributed by atoms with E-state index >= 15 is 0 Å². The molecule has 5 nitrogen and oxygen atoms in total. The zero-order chi connectivity index (χ0) is 18.5. The lowest BCUT2D eigenvalue weighted by molar-refractivity contribution is -0.130. The molecule has 2 aromatic heterocycles. The third-order valence-electron chi connectivity index (χ3n) is 4.84. The maximum Gasteiger partial charge on any atom is 0.259 e. The van der Waals surface area contributed by atoms with E-state index in [4.69, 9.17) is 0 Å². The monoisotopic (exact) mass is 393 g/mol. The van der Waals surface area contributed by atoms with Crippen LogP contribution in [0, 0.1) is 0 Å². The number of thiophene rings is 1. The SMILES string of the molecule is CCCCN(CC)C(=O)CCSCc1nc2sc3c(c2c(=O)[nH]1)CCC3. The van der Waals surface area contributed by atoms with Crippen LogP contribution in [0.4, 0.5) is 0 Å². The van der Waals surface area contributed by atoms with Crippen LogP contribution in [0.3, 0.4) is 0 Å². The highest BCUT2D eigenvalue weighted by molar-refractivity contribution is 7.98. The Balaban J connectivity index is 1.54. The summed E-state index contributed by atoms with van der Waals surface area (Å²) in [5.41, 5.74) is 1.22. The van der Waals surface area contributed by atoms with Crippen LogP contribution >= 0.6 is 23.1 Å².